The van der Waals surface area contributed by atoms with E-state index >= 15 is 0 Å². The van der Waals surface area contributed by atoms with Crippen LogP contribution in [0.5, 0.6) is 0 Å². The first-order valence-electron chi connectivity index (χ1n) is 5.18. The van der Waals surface area contributed by atoms with Crippen LogP contribution >= 0.6 is 0 Å². The molecular weight excluding hydrogens is 242 g/mol. The second-order valence-corrected chi connectivity index (χ2v) is 5.12. The summed E-state index contributed by atoms with van der Waals surface area (Å²) in [4.78, 5) is 0.119. The van der Waals surface area contributed by atoms with Crippen LogP contribution in [0.3, 0.4) is 0 Å². The maximum Gasteiger partial charge on any atom is 0.317 e. The lowest BCUT2D eigenvalue weighted by Gasteiger charge is -2.04. The van der Waals surface area contributed by atoms with Gasteiger partial charge in [0.15, 0.2) is 0 Å². The molecule has 0 aromatic heterocycles. The van der Waals surface area contributed by atoms with Gasteiger partial charge in [-0.25, -0.2) is 0 Å². The first-order valence-corrected chi connectivity index (χ1v) is 6.59. The van der Waals surface area contributed by atoms with E-state index in [9.17, 15) is 8.42 Å². The Bertz CT molecular complexity index is 487. The van der Waals surface area contributed by atoms with Crippen molar-refractivity contribution in [3.05, 3.63) is 42.1 Å². The number of hydrogen-bond acceptors (Lipinski definition) is 5. The number of hydrogen-bond donors (Lipinski definition) is 1. The Hall–Kier alpha value is -1.37. The summed E-state index contributed by atoms with van der Waals surface area (Å²) in [6.45, 7) is 1.18. The van der Waals surface area contributed by atoms with Crippen LogP contribution < -0.4 is 5.48 Å². The molecule has 1 aliphatic heterocycles. The fourth-order valence-corrected chi connectivity index (χ4v) is 2.16. The number of nitrogens with one attached hydrogen (secondary N) is 1. The predicted molar refractivity (Wildman–Crippen MR) is 61.4 cm³/mol. The van der Waals surface area contributed by atoms with Crippen LogP contribution in [0.4, 0.5) is 0 Å². The molecule has 0 aliphatic carbocycles. The maximum absolute atomic E-state index is 11.7. The first kappa shape index (κ1) is 12.1. The van der Waals surface area contributed by atoms with Crippen LogP contribution in [0.15, 0.2) is 47.0 Å². The summed E-state index contributed by atoms with van der Waals surface area (Å²) in [7, 11) is -3.75. The van der Waals surface area contributed by atoms with Crippen LogP contribution in [0, 0.1) is 0 Å². The summed E-state index contributed by atoms with van der Waals surface area (Å²) in [5, 5.41) is 0. The molecule has 0 radical (unpaired) electrons. The van der Waals surface area contributed by atoms with E-state index in [-0.39, 0.29) is 4.90 Å². The molecule has 6 heteroatoms. The fourth-order valence-electron chi connectivity index (χ4n) is 1.40. The van der Waals surface area contributed by atoms with Gasteiger partial charge in [0.2, 0.25) is 0 Å². The van der Waals surface area contributed by atoms with E-state index < -0.39 is 10.1 Å². The average Bonchev–Trinajstić information content (AvgIpc) is 2.83. The van der Waals surface area contributed by atoms with E-state index in [1.54, 1.807) is 18.2 Å². The van der Waals surface area contributed by atoms with Crippen molar-refractivity contribution < 1.29 is 17.4 Å². The zero-order valence-corrected chi connectivity index (χ0v) is 9.94. The minimum absolute atomic E-state index is 0.119. The molecule has 1 heterocycles. The molecule has 0 saturated carbocycles. The summed E-state index contributed by atoms with van der Waals surface area (Å²) in [5.41, 5.74) is 3.32. The third-order valence-corrected chi connectivity index (χ3v) is 3.47. The van der Waals surface area contributed by atoms with Crippen molar-refractivity contribution >= 4 is 10.1 Å². The Kier molecular flexibility index (Phi) is 3.78. The zero-order valence-electron chi connectivity index (χ0n) is 9.13. The van der Waals surface area contributed by atoms with Gasteiger partial charge in [0.1, 0.15) is 0 Å². The molecular formula is C11H13NO4S. The van der Waals surface area contributed by atoms with E-state index in [4.69, 9.17) is 4.74 Å². The van der Waals surface area contributed by atoms with Gasteiger partial charge in [-0.05, 0) is 24.1 Å². The second kappa shape index (κ2) is 5.31. The third kappa shape index (κ3) is 3.29. The van der Waals surface area contributed by atoms with Crippen LogP contribution in [0.1, 0.15) is 6.42 Å². The maximum atomic E-state index is 11.7. The van der Waals surface area contributed by atoms with E-state index in [1.807, 2.05) is 0 Å². The summed E-state index contributed by atoms with van der Waals surface area (Å²) < 4.78 is 33.1. The summed E-state index contributed by atoms with van der Waals surface area (Å²) in [5.74, 6) is 0. The van der Waals surface area contributed by atoms with Crippen LogP contribution in [-0.4, -0.2) is 21.6 Å². The quantitative estimate of drug-likeness (QED) is 0.819. The molecule has 1 aliphatic rings. The number of benzene rings is 1. The Balaban J connectivity index is 1.96. The van der Waals surface area contributed by atoms with Gasteiger partial charge >= 0.3 is 10.1 Å². The Morgan fingerprint density at radius 2 is 2.06 bits per heavy atom. The minimum atomic E-state index is -3.75. The van der Waals surface area contributed by atoms with Crippen molar-refractivity contribution in [2.45, 2.75) is 11.3 Å². The normalized spacial score (nSPS) is 18.5. The molecule has 0 spiro atoms. The molecule has 1 N–H and O–H groups in total. The van der Waals surface area contributed by atoms with Gasteiger partial charge in [-0.2, -0.15) is 8.42 Å². The smallest absolute Gasteiger partial charge is 0.317 e. The van der Waals surface area contributed by atoms with Gasteiger partial charge in [0.05, 0.1) is 18.1 Å². The molecule has 1 saturated heterocycles. The molecule has 1 aromatic carbocycles. The van der Waals surface area contributed by atoms with Gasteiger partial charge in [0, 0.05) is 6.20 Å². The predicted octanol–water partition coefficient (Wildman–Crippen LogP) is 1.20. The zero-order chi connectivity index (χ0) is 12.1. The average molecular weight is 255 g/mol. The molecule has 0 unspecified atom stereocenters. The molecule has 92 valence electrons. The lowest BCUT2D eigenvalue weighted by Crippen LogP contribution is -2.16. The summed E-state index contributed by atoms with van der Waals surface area (Å²) >= 11 is 0. The SMILES string of the molecule is O=S(=O)(ONC=C1CCOC1)c1ccccc1. The number of ether oxygens (including phenoxy) is 1. The fraction of sp³-hybridized carbons (Fsp3) is 0.273. The van der Waals surface area contributed by atoms with Crippen LogP contribution in [0.2, 0.25) is 0 Å². The van der Waals surface area contributed by atoms with E-state index in [2.05, 4.69) is 9.76 Å². The van der Waals surface area contributed by atoms with Crippen molar-refractivity contribution in [1.82, 2.24) is 5.48 Å². The highest BCUT2D eigenvalue weighted by Gasteiger charge is 2.14. The highest BCUT2D eigenvalue weighted by Crippen LogP contribution is 2.11. The van der Waals surface area contributed by atoms with Crippen molar-refractivity contribution in [3.63, 3.8) is 0 Å². The van der Waals surface area contributed by atoms with Gasteiger partial charge in [-0.15, -0.1) is 4.28 Å². The largest absolute Gasteiger partial charge is 0.377 e. The minimum Gasteiger partial charge on any atom is -0.377 e. The summed E-state index contributed by atoms with van der Waals surface area (Å²) in [6, 6.07) is 7.97. The van der Waals surface area contributed by atoms with Crippen LogP contribution in [0.25, 0.3) is 0 Å². The highest BCUT2D eigenvalue weighted by molar-refractivity contribution is 7.86. The van der Waals surface area contributed by atoms with E-state index in [1.165, 1.54) is 18.3 Å². The van der Waals surface area contributed by atoms with Crippen molar-refractivity contribution in [3.8, 4) is 0 Å². The third-order valence-electron chi connectivity index (χ3n) is 2.31. The van der Waals surface area contributed by atoms with Crippen LogP contribution in [-0.2, 0) is 19.1 Å². The lowest BCUT2D eigenvalue weighted by atomic mass is 10.3. The lowest BCUT2D eigenvalue weighted by molar-refractivity contribution is 0.203. The van der Waals surface area contributed by atoms with Crippen molar-refractivity contribution in [2.24, 2.45) is 0 Å². The van der Waals surface area contributed by atoms with E-state index in [0.29, 0.717) is 13.2 Å². The molecule has 1 aromatic rings. The van der Waals surface area contributed by atoms with Gasteiger partial charge in [0.25, 0.3) is 0 Å². The van der Waals surface area contributed by atoms with E-state index in [0.717, 1.165) is 12.0 Å². The molecule has 0 bridgehead atoms. The standard InChI is InChI=1S/C11H13NO4S/c13-17(14,11-4-2-1-3-5-11)16-12-8-10-6-7-15-9-10/h1-5,8,12H,6-7,9H2. The second-order valence-electron chi connectivity index (χ2n) is 3.57. The topological polar surface area (TPSA) is 64.6 Å². The van der Waals surface area contributed by atoms with Gasteiger partial charge < -0.3 is 4.74 Å². The Labute approximate surface area is 100 Å². The van der Waals surface area contributed by atoms with Gasteiger partial charge in [-0.3, -0.25) is 5.48 Å². The first-order chi connectivity index (χ1) is 8.18. The Morgan fingerprint density at radius 3 is 2.71 bits per heavy atom. The van der Waals surface area contributed by atoms with Crippen molar-refractivity contribution in [2.75, 3.05) is 13.2 Å². The Morgan fingerprint density at radius 1 is 1.29 bits per heavy atom. The number of hydroxylamine groups is 1. The highest BCUT2D eigenvalue weighted by atomic mass is 32.2. The molecule has 0 amide bonds. The summed E-state index contributed by atoms with van der Waals surface area (Å²) in [6.07, 6.45) is 2.31. The monoisotopic (exact) mass is 255 g/mol. The molecule has 17 heavy (non-hydrogen) atoms. The molecule has 5 nitrogen and oxygen atoms in total. The van der Waals surface area contributed by atoms with Crippen molar-refractivity contribution in [1.29, 1.82) is 0 Å². The van der Waals surface area contributed by atoms with Gasteiger partial charge in [-0.1, -0.05) is 18.2 Å². The molecule has 1 fully saturated rings. The molecule has 2 rings (SSSR count). The molecule has 0 atom stereocenters. The number of rotatable bonds is 4.